The molecule has 1 aliphatic heterocycles. The van der Waals surface area contributed by atoms with E-state index in [1.165, 1.54) is 34.8 Å². The highest BCUT2D eigenvalue weighted by atomic mass is 35.5. The Hall–Kier alpha value is -3.18. The Labute approximate surface area is 237 Å². The molecule has 12 heteroatoms. The zero-order valence-electron chi connectivity index (χ0n) is 21.1. The average molecular weight is 592 g/mol. The molecule has 206 valence electrons. The molecule has 39 heavy (non-hydrogen) atoms. The van der Waals surface area contributed by atoms with Gasteiger partial charge in [-0.05, 0) is 66.9 Å². The summed E-state index contributed by atoms with van der Waals surface area (Å²) in [6.45, 7) is 1.12. The number of halogens is 2. The molecule has 0 aliphatic carbocycles. The molecule has 1 aliphatic rings. The molecule has 0 saturated carbocycles. The first kappa shape index (κ1) is 28.8. The van der Waals surface area contributed by atoms with Crippen LogP contribution in [0.4, 0.5) is 0 Å². The number of nitrogens with zero attached hydrogens (tertiary/aromatic N) is 3. The van der Waals surface area contributed by atoms with Crippen molar-refractivity contribution in [1.82, 2.24) is 14.6 Å². The lowest BCUT2D eigenvalue weighted by molar-refractivity contribution is -0.145. The molecule has 2 heterocycles. The minimum absolute atomic E-state index is 0.0682. The van der Waals surface area contributed by atoms with Gasteiger partial charge in [0.1, 0.15) is 11.5 Å². The molecular formula is C27H28Cl2N4O5S. The van der Waals surface area contributed by atoms with Crippen LogP contribution in [0, 0.1) is 0 Å². The number of likely N-dealkylation sites (tertiary alicyclic amines) is 1. The maximum Gasteiger partial charge on any atom is 0.329 e. The highest BCUT2D eigenvalue weighted by molar-refractivity contribution is 7.89. The fourth-order valence-electron chi connectivity index (χ4n) is 4.12. The van der Waals surface area contributed by atoms with E-state index in [-0.39, 0.29) is 23.7 Å². The normalized spacial score (nSPS) is 14.5. The Morgan fingerprint density at radius 1 is 0.897 bits per heavy atom. The van der Waals surface area contributed by atoms with Gasteiger partial charge >= 0.3 is 11.8 Å². The molecule has 2 aromatic carbocycles. The highest BCUT2D eigenvalue weighted by Gasteiger charge is 2.26. The minimum Gasteiger partial charge on any atom is -0.459 e. The van der Waals surface area contributed by atoms with Crippen LogP contribution in [0.5, 0.6) is 0 Å². The summed E-state index contributed by atoms with van der Waals surface area (Å²) >= 11 is 11.9. The first-order valence-electron chi connectivity index (χ1n) is 12.4. The van der Waals surface area contributed by atoms with Crippen molar-refractivity contribution in [2.45, 2.75) is 43.7 Å². The summed E-state index contributed by atoms with van der Waals surface area (Å²) in [5, 5.41) is 4.80. The summed E-state index contributed by atoms with van der Waals surface area (Å²) in [7, 11) is -3.92. The predicted octanol–water partition coefficient (Wildman–Crippen LogP) is 4.83. The van der Waals surface area contributed by atoms with Crippen LogP contribution in [-0.4, -0.2) is 48.7 Å². The fraction of sp³-hybridized carbons (Fsp3) is 0.296. The molecule has 3 aromatic rings. The van der Waals surface area contributed by atoms with Crippen molar-refractivity contribution in [3.63, 3.8) is 0 Å². The van der Waals surface area contributed by atoms with Crippen LogP contribution in [-0.2, 0) is 32.7 Å². The molecule has 0 spiro atoms. The van der Waals surface area contributed by atoms with Crippen molar-refractivity contribution in [2.24, 2.45) is 5.10 Å². The van der Waals surface area contributed by atoms with Gasteiger partial charge in [-0.1, -0.05) is 48.2 Å². The monoisotopic (exact) mass is 590 g/mol. The van der Waals surface area contributed by atoms with Crippen LogP contribution in [0.2, 0.25) is 10.0 Å². The molecule has 0 radical (unpaired) electrons. The van der Waals surface area contributed by atoms with Gasteiger partial charge in [-0.15, -0.1) is 0 Å². The number of rotatable bonds is 8. The predicted molar refractivity (Wildman–Crippen MR) is 149 cm³/mol. The molecule has 0 unspecified atom stereocenters. The highest BCUT2D eigenvalue weighted by Crippen LogP contribution is 2.24. The first-order valence-corrected chi connectivity index (χ1v) is 14.6. The molecule has 1 N–H and O–H groups in total. The number of amides is 2. The van der Waals surface area contributed by atoms with E-state index in [1.54, 1.807) is 41.3 Å². The van der Waals surface area contributed by atoms with E-state index in [2.05, 4.69) is 10.5 Å². The van der Waals surface area contributed by atoms with Crippen LogP contribution in [0.15, 0.2) is 75.1 Å². The molecule has 0 atom stereocenters. The quantitative estimate of drug-likeness (QED) is 0.229. The minimum atomic E-state index is -3.92. The number of nitrogens with one attached hydrogen (secondary N) is 1. The zero-order chi connectivity index (χ0) is 27.8. The standard InChI is InChI=1S/C27H28Cl2N4O5S/c28-21-7-5-20(6-8-21)18-33(39(36,37)25-13-9-22(29)10-14-25)19-24-12-11-23(38-24)17-30-31-26(34)27(35)32-15-3-1-2-4-16-32/h5-14,17H,1-4,15-16,18-19H2,(H,31,34)/b30-17+. The topological polar surface area (TPSA) is 112 Å². The Morgan fingerprint density at radius 3 is 2.15 bits per heavy atom. The maximum absolute atomic E-state index is 13.5. The van der Waals surface area contributed by atoms with E-state index >= 15 is 0 Å². The number of carbonyl (C=O) groups excluding carboxylic acids is 2. The molecule has 1 aromatic heterocycles. The number of sulfonamides is 1. The summed E-state index contributed by atoms with van der Waals surface area (Å²) in [5.74, 6) is -0.791. The Balaban J connectivity index is 1.45. The van der Waals surface area contributed by atoms with E-state index in [0.717, 1.165) is 31.2 Å². The summed E-state index contributed by atoms with van der Waals surface area (Å²) in [6.07, 6.45) is 5.10. The van der Waals surface area contributed by atoms with Gasteiger partial charge in [-0.2, -0.15) is 9.41 Å². The van der Waals surface area contributed by atoms with Crippen LogP contribution >= 0.6 is 23.2 Å². The average Bonchev–Trinajstić information content (AvgIpc) is 3.19. The van der Waals surface area contributed by atoms with Crippen LogP contribution in [0.25, 0.3) is 0 Å². The van der Waals surface area contributed by atoms with Crippen molar-refractivity contribution < 1.29 is 22.4 Å². The largest absolute Gasteiger partial charge is 0.459 e. The van der Waals surface area contributed by atoms with Crippen molar-refractivity contribution in [2.75, 3.05) is 13.1 Å². The first-order chi connectivity index (χ1) is 18.7. The van der Waals surface area contributed by atoms with Crippen molar-refractivity contribution >= 4 is 51.3 Å². The third-order valence-corrected chi connectivity index (χ3v) is 8.49. The lowest BCUT2D eigenvalue weighted by atomic mass is 10.2. The molecule has 0 bridgehead atoms. The lowest BCUT2D eigenvalue weighted by Crippen LogP contribution is -2.41. The second-order valence-electron chi connectivity index (χ2n) is 9.06. The number of hydrazone groups is 1. The third kappa shape index (κ3) is 7.92. The van der Waals surface area contributed by atoms with Gasteiger partial charge in [0.25, 0.3) is 0 Å². The van der Waals surface area contributed by atoms with Crippen LogP contribution < -0.4 is 5.43 Å². The van der Waals surface area contributed by atoms with Crippen LogP contribution in [0.3, 0.4) is 0 Å². The van der Waals surface area contributed by atoms with E-state index in [9.17, 15) is 18.0 Å². The zero-order valence-corrected chi connectivity index (χ0v) is 23.4. The summed E-state index contributed by atoms with van der Waals surface area (Å²) in [4.78, 5) is 26.2. The molecular weight excluding hydrogens is 563 g/mol. The van der Waals surface area contributed by atoms with Crippen molar-refractivity contribution in [3.05, 3.63) is 87.8 Å². The maximum atomic E-state index is 13.5. The Bertz CT molecular complexity index is 1420. The van der Waals surface area contributed by atoms with E-state index < -0.39 is 21.8 Å². The smallest absolute Gasteiger partial charge is 0.329 e. The number of carbonyl (C=O) groups is 2. The summed E-state index contributed by atoms with van der Waals surface area (Å²) in [5.41, 5.74) is 2.98. The van der Waals surface area contributed by atoms with Gasteiger partial charge in [-0.25, -0.2) is 13.8 Å². The van der Waals surface area contributed by atoms with E-state index in [1.807, 2.05) is 0 Å². The van der Waals surface area contributed by atoms with E-state index in [4.69, 9.17) is 27.6 Å². The van der Waals surface area contributed by atoms with Gasteiger partial charge in [0.05, 0.1) is 17.7 Å². The van der Waals surface area contributed by atoms with E-state index in [0.29, 0.717) is 28.9 Å². The molecule has 4 rings (SSSR count). The van der Waals surface area contributed by atoms with Crippen molar-refractivity contribution in [1.29, 1.82) is 0 Å². The lowest BCUT2D eigenvalue weighted by Gasteiger charge is -2.21. The van der Waals surface area contributed by atoms with Crippen molar-refractivity contribution in [3.8, 4) is 0 Å². The number of hydrogen-bond donors (Lipinski definition) is 1. The van der Waals surface area contributed by atoms with Gasteiger partial charge in [0.2, 0.25) is 10.0 Å². The number of benzene rings is 2. The SMILES string of the molecule is O=C(N/N=C/c1ccc(CN(Cc2ccc(Cl)cc2)S(=O)(=O)c2ccc(Cl)cc2)o1)C(=O)N1CCCCCC1. The van der Waals surface area contributed by atoms with Gasteiger partial charge in [0, 0.05) is 29.7 Å². The second kappa shape index (κ2) is 13.3. The fourth-order valence-corrected chi connectivity index (χ4v) is 5.76. The number of hydrogen-bond acceptors (Lipinski definition) is 6. The van der Waals surface area contributed by atoms with Crippen LogP contribution in [0.1, 0.15) is 42.8 Å². The Morgan fingerprint density at radius 2 is 1.51 bits per heavy atom. The second-order valence-corrected chi connectivity index (χ2v) is 11.9. The summed E-state index contributed by atoms with van der Waals surface area (Å²) in [6, 6.07) is 16.0. The van der Waals surface area contributed by atoms with Gasteiger partial charge in [-0.3, -0.25) is 9.59 Å². The number of furan rings is 1. The third-order valence-electron chi connectivity index (χ3n) is 6.18. The molecule has 1 saturated heterocycles. The summed E-state index contributed by atoms with van der Waals surface area (Å²) < 4.78 is 34.0. The molecule has 1 fully saturated rings. The van der Waals surface area contributed by atoms with Gasteiger partial charge in [0.15, 0.2) is 0 Å². The molecule has 2 amide bonds. The molecule has 9 nitrogen and oxygen atoms in total. The Kier molecular flexibility index (Phi) is 9.79. The van der Waals surface area contributed by atoms with Gasteiger partial charge < -0.3 is 9.32 Å².